The Balaban J connectivity index is 2.52. The van der Waals surface area contributed by atoms with E-state index in [1.165, 1.54) is 0 Å². The Hall–Kier alpha value is -1.91. The minimum absolute atomic E-state index is 0.0240. The second-order valence-electron chi connectivity index (χ2n) is 6.31. The highest BCUT2D eigenvalue weighted by molar-refractivity contribution is 5.92. The molecular weight excluding hydrogens is 264 g/mol. The zero-order valence-electron chi connectivity index (χ0n) is 13.8. The van der Waals surface area contributed by atoms with Gasteiger partial charge < -0.3 is 4.90 Å². The predicted molar refractivity (Wildman–Crippen MR) is 83.7 cm³/mol. The fourth-order valence-corrected chi connectivity index (χ4v) is 2.27. The maximum absolute atomic E-state index is 12.4. The molecule has 0 N–H and O–H groups in total. The lowest BCUT2D eigenvalue weighted by atomic mass is 9.93. The van der Waals surface area contributed by atoms with E-state index in [0.717, 1.165) is 17.0 Å². The van der Waals surface area contributed by atoms with E-state index in [0.29, 0.717) is 18.8 Å². The van der Waals surface area contributed by atoms with Gasteiger partial charge in [-0.2, -0.15) is 5.10 Å². The number of amides is 1. The number of rotatable bonds is 3. The van der Waals surface area contributed by atoms with Crippen molar-refractivity contribution in [1.82, 2.24) is 19.5 Å². The Morgan fingerprint density at radius 1 is 1.24 bits per heavy atom. The lowest BCUT2D eigenvalue weighted by molar-refractivity contribution is 0.0767. The van der Waals surface area contributed by atoms with Gasteiger partial charge in [0.2, 0.25) is 0 Å². The summed E-state index contributed by atoms with van der Waals surface area (Å²) in [6, 6.07) is 3.78. The van der Waals surface area contributed by atoms with Crippen LogP contribution in [0.1, 0.15) is 56.5 Å². The smallest absolute Gasteiger partial charge is 0.272 e. The second kappa shape index (κ2) is 5.47. The third-order valence-corrected chi connectivity index (χ3v) is 3.64. The zero-order chi connectivity index (χ0) is 15.8. The minimum Gasteiger partial charge on any atom is -0.338 e. The van der Waals surface area contributed by atoms with Gasteiger partial charge in [0.25, 0.3) is 5.91 Å². The Kier molecular flexibility index (Phi) is 4.03. The maximum Gasteiger partial charge on any atom is 0.272 e. The number of aromatic nitrogens is 3. The van der Waals surface area contributed by atoms with Gasteiger partial charge in [-0.05, 0) is 26.8 Å². The highest BCUT2D eigenvalue weighted by atomic mass is 16.2. The van der Waals surface area contributed by atoms with Gasteiger partial charge in [0.05, 0.1) is 5.69 Å². The molecular formula is C16H24N4O. The molecule has 0 aromatic carbocycles. The number of aryl methyl sites for hydroxylation is 1. The highest BCUT2D eigenvalue weighted by Crippen LogP contribution is 2.22. The number of carbonyl (C=O) groups is 1. The SMILES string of the molecule is CCN(CC)C(=O)c1cc(C)n2nc(C(C)(C)C)cc2n1. The summed E-state index contributed by atoms with van der Waals surface area (Å²) >= 11 is 0. The Morgan fingerprint density at radius 3 is 2.38 bits per heavy atom. The summed E-state index contributed by atoms with van der Waals surface area (Å²) in [6.45, 7) is 13.6. The molecule has 21 heavy (non-hydrogen) atoms. The third kappa shape index (κ3) is 2.91. The average Bonchev–Trinajstić information content (AvgIpc) is 2.84. The van der Waals surface area contributed by atoms with Crippen LogP contribution in [0.15, 0.2) is 12.1 Å². The molecule has 0 aliphatic carbocycles. The van der Waals surface area contributed by atoms with Crippen molar-refractivity contribution in [3.8, 4) is 0 Å². The number of hydrogen-bond acceptors (Lipinski definition) is 3. The molecule has 5 nitrogen and oxygen atoms in total. The number of nitrogens with zero attached hydrogens (tertiary/aromatic N) is 4. The van der Waals surface area contributed by atoms with Gasteiger partial charge in [-0.1, -0.05) is 20.8 Å². The van der Waals surface area contributed by atoms with Crippen molar-refractivity contribution in [3.05, 3.63) is 29.2 Å². The van der Waals surface area contributed by atoms with Gasteiger partial charge in [-0.3, -0.25) is 4.79 Å². The van der Waals surface area contributed by atoms with Gasteiger partial charge in [0.15, 0.2) is 5.65 Å². The molecule has 114 valence electrons. The molecule has 0 saturated heterocycles. The Labute approximate surface area is 126 Å². The normalized spacial score (nSPS) is 11.9. The molecule has 0 spiro atoms. The van der Waals surface area contributed by atoms with Crippen molar-refractivity contribution in [2.45, 2.75) is 47.0 Å². The minimum atomic E-state index is -0.0385. The third-order valence-electron chi connectivity index (χ3n) is 3.64. The number of carbonyl (C=O) groups excluding carboxylic acids is 1. The van der Waals surface area contributed by atoms with Gasteiger partial charge in [0.1, 0.15) is 5.69 Å². The van der Waals surface area contributed by atoms with E-state index >= 15 is 0 Å². The second-order valence-corrected chi connectivity index (χ2v) is 6.31. The van der Waals surface area contributed by atoms with Crippen LogP contribution in [0, 0.1) is 6.92 Å². The molecule has 2 aromatic heterocycles. The molecule has 0 saturated carbocycles. The summed E-state index contributed by atoms with van der Waals surface area (Å²) in [6.07, 6.45) is 0. The molecule has 5 heteroatoms. The first-order valence-electron chi connectivity index (χ1n) is 7.45. The van der Waals surface area contributed by atoms with Crippen molar-refractivity contribution in [1.29, 1.82) is 0 Å². The average molecular weight is 288 g/mol. The van der Waals surface area contributed by atoms with E-state index in [2.05, 4.69) is 30.9 Å². The van der Waals surface area contributed by atoms with Crippen LogP contribution >= 0.6 is 0 Å². The first-order valence-corrected chi connectivity index (χ1v) is 7.45. The zero-order valence-corrected chi connectivity index (χ0v) is 13.8. The van der Waals surface area contributed by atoms with E-state index in [4.69, 9.17) is 0 Å². The summed E-state index contributed by atoms with van der Waals surface area (Å²) in [5.74, 6) is -0.0240. The molecule has 0 fully saturated rings. The maximum atomic E-state index is 12.4. The van der Waals surface area contributed by atoms with Crippen LogP contribution in [0.25, 0.3) is 5.65 Å². The van der Waals surface area contributed by atoms with E-state index < -0.39 is 0 Å². The molecule has 2 aromatic rings. The van der Waals surface area contributed by atoms with E-state index in [1.54, 1.807) is 9.42 Å². The van der Waals surface area contributed by atoms with E-state index in [-0.39, 0.29) is 11.3 Å². The van der Waals surface area contributed by atoms with Gasteiger partial charge >= 0.3 is 0 Å². The summed E-state index contributed by atoms with van der Waals surface area (Å²) < 4.78 is 1.81. The van der Waals surface area contributed by atoms with Crippen LogP contribution in [0.4, 0.5) is 0 Å². The van der Waals surface area contributed by atoms with Crippen molar-refractivity contribution in [2.24, 2.45) is 0 Å². The first-order chi connectivity index (χ1) is 9.77. The molecule has 0 bridgehead atoms. The van der Waals surface area contributed by atoms with Crippen LogP contribution < -0.4 is 0 Å². The molecule has 2 rings (SSSR count). The van der Waals surface area contributed by atoms with Gasteiger partial charge in [-0.25, -0.2) is 9.50 Å². The fourth-order valence-electron chi connectivity index (χ4n) is 2.27. The molecule has 1 amide bonds. The quantitative estimate of drug-likeness (QED) is 0.872. The monoisotopic (exact) mass is 288 g/mol. The Morgan fingerprint density at radius 2 is 1.86 bits per heavy atom. The highest BCUT2D eigenvalue weighted by Gasteiger charge is 2.21. The van der Waals surface area contributed by atoms with Gasteiger partial charge in [-0.15, -0.1) is 0 Å². The topological polar surface area (TPSA) is 50.5 Å². The van der Waals surface area contributed by atoms with Crippen LogP contribution in [0.3, 0.4) is 0 Å². The first kappa shape index (κ1) is 15.5. The van der Waals surface area contributed by atoms with Crippen molar-refractivity contribution < 1.29 is 4.79 Å². The predicted octanol–water partition coefficient (Wildman–Crippen LogP) is 2.82. The molecule has 0 aliphatic rings. The molecule has 0 aliphatic heterocycles. The van der Waals surface area contributed by atoms with Crippen molar-refractivity contribution in [3.63, 3.8) is 0 Å². The largest absolute Gasteiger partial charge is 0.338 e. The summed E-state index contributed by atoms with van der Waals surface area (Å²) in [5, 5.41) is 4.60. The van der Waals surface area contributed by atoms with Crippen LogP contribution in [0.2, 0.25) is 0 Å². The molecule has 0 unspecified atom stereocenters. The molecule has 2 heterocycles. The van der Waals surface area contributed by atoms with Crippen LogP contribution in [-0.2, 0) is 5.41 Å². The van der Waals surface area contributed by atoms with Crippen molar-refractivity contribution in [2.75, 3.05) is 13.1 Å². The van der Waals surface area contributed by atoms with E-state index in [9.17, 15) is 4.79 Å². The summed E-state index contributed by atoms with van der Waals surface area (Å²) in [5.41, 5.74) is 3.08. The van der Waals surface area contributed by atoms with Crippen molar-refractivity contribution >= 4 is 11.6 Å². The lowest BCUT2D eigenvalue weighted by Gasteiger charge is -2.18. The summed E-state index contributed by atoms with van der Waals surface area (Å²) in [7, 11) is 0. The van der Waals surface area contributed by atoms with Crippen LogP contribution in [-0.4, -0.2) is 38.5 Å². The summed E-state index contributed by atoms with van der Waals surface area (Å²) in [4.78, 5) is 18.7. The molecule has 0 atom stereocenters. The fraction of sp³-hybridized carbons (Fsp3) is 0.562. The lowest BCUT2D eigenvalue weighted by Crippen LogP contribution is -2.31. The number of hydrogen-bond donors (Lipinski definition) is 0. The Bertz CT molecular complexity index is 663. The molecule has 0 radical (unpaired) electrons. The van der Waals surface area contributed by atoms with Gasteiger partial charge in [0, 0.05) is 30.3 Å². The van der Waals surface area contributed by atoms with Crippen LogP contribution in [0.5, 0.6) is 0 Å². The number of fused-ring (bicyclic) bond motifs is 1. The van der Waals surface area contributed by atoms with E-state index in [1.807, 2.05) is 32.9 Å². The standard InChI is InChI=1S/C16H24N4O/c1-7-19(8-2)15(21)12-9-11(3)20-14(17-12)10-13(18-20)16(4,5)6/h9-10H,7-8H2,1-6H3.